The van der Waals surface area contributed by atoms with Crippen molar-refractivity contribution in [3.05, 3.63) is 0 Å². The van der Waals surface area contributed by atoms with Gasteiger partial charge >= 0.3 is 0 Å². The SMILES string of the molecule is CCC(F)C1CCC(OC(C)OCCC2CCCCC2)CC1. The smallest absolute Gasteiger partial charge is 0.155 e. The summed E-state index contributed by atoms with van der Waals surface area (Å²) in [4.78, 5) is 0. The molecule has 2 aliphatic carbocycles. The highest BCUT2D eigenvalue weighted by Gasteiger charge is 2.28. The summed E-state index contributed by atoms with van der Waals surface area (Å²) in [6.07, 6.45) is 12.2. The van der Waals surface area contributed by atoms with Gasteiger partial charge in [0, 0.05) is 6.61 Å². The van der Waals surface area contributed by atoms with Crippen molar-refractivity contribution in [2.24, 2.45) is 11.8 Å². The largest absolute Gasteiger partial charge is 0.353 e. The molecule has 0 aromatic rings. The van der Waals surface area contributed by atoms with Crippen LogP contribution in [-0.2, 0) is 9.47 Å². The van der Waals surface area contributed by atoms with E-state index < -0.39 is 6.17 Å². The zero-order valence-corrected chi connectivity index (χ0v) is 14.6. The third kappa shape index (κ3) is 6.16. The lowest BCUT2D eigenvalue weighted by atomic mass is 9.83. The molecule has 22 heavy (non-hydrogen) atoms. The Labute approximate surface area is 136 Å². The molecule has 2 aliphatic rings. The zero-order valence-electron chi connectivity index (χ0n) is 14.6. The topological polar surface area (TPSA) is 18.5 Å². The maximum atomic E-state index is 13.7. The molecule has 2 rings (SSSR count). The number of ether oxygens (including phenoxy) is 2. The highest BCUT2D eigenvalue weighted by atomic mass is 19.1. The molecular formula is C19H35FO2. The maximum absolute atomic E-state index is 13.7. The van der Waals surface area contributed by atoms with Gasteiger partial charge in [-0.2, -0.15) is 0 Å². The van der Waals surface area contributed by atoms with Crippen molar-refractivity contribution in [3.63, 3.8) is 0 Å². The first kappa shape index (κ1) is 18.2. The van der Waals surface area contributed by atoms with Crippen LogP contribution in [0.4, 0.5) is 4.39 Å². The van der Waals surface area contributed by atoms with E-state index in [9.17, 15) is 4.39 Å². The van der Waals surface area contributed by atoms with Crippen molar-refractivity contribution < 1.29 is 13.9 Å². The molecular weight excluding hydrogens is 279 g/mol. The summed E-state index contributed by atoms with van der Waals surface area (Å²) < 4.78 is 25.5. The van der Waals surface area contributed by atoms with Gasteiger partial charge in [0.15, 0.2) is 6.29 Å². The number of rotatable bonds is 8. The molecule has 130 valence electrons. The summed E-state index contributed by atoms with van der Waals surface area (Å²) >= 11 is 0. The second kappa shape index (κ2) is 9.87. The van der Waals surface area contributed by atoms with Crippen LogP contribution in [0.15, 0.2) is 0 Å². The summed E-state index contributed by atoms with van der Waals surface area (Å²) in [5, 5.41) is 0. The molecule has 2 nitrogen and oxygen atoms in total. The van der Waals surface area contributed by atoms with Gasteiger partial charge in [-0.25, -0.2) is 4.39 Å². The van der Waals surface area contributed by atoms with E-state index in [0.29, 0.717) is 6.42 Å². The molecule has 3 heteroatoms. The summed E-state index contributed by atoms with van der Waals surface area (Å²) in [5.41, 5.74) is 0. The quantitative estimate of drug-likeness (QED) is 0.539. The average Bonchev–Trinajstić information content (AvgIpc) is 2.56. The van der Waals surface area contributed by atoms with E-state index in [1.54, 1.807) is 0 Å². The highest BCUT2D eigenvalue weighted by Crippen LogP contribution is 2.32. The van der Waals surface area contributed by atoms with Crippen LogP contribution in [0.1, 0.15) is 84.5 Å². The number of alkyl halides is 1. The molecule has 0 amide bonds. The Morgan fingerprint density at radius 1 is 1.00 bits per heavy atom. The van der Waals surface area contributed by atoms with Crippen LogP contribution >= 0.6 is 0 Å². The van der Waals surface area contributed by atoms with Gasteiger partial charge in [0.05, 0.1) is 6.10 Å². The number of hydrogen-bond acceptors (Lipinski definition) is 2. The fourth-order valence-corrected chi connectivity index (χ4v) is 4.11. The lowest BCUT2D eigenvalue weighted by Crippen LogP contribution is -2.30. The van der Waals surface area contributed by atoms with Gasteiger partial charge in [0.2, 0.25) is 0 Å². The molecule has 0 N–H and O–H groups in total. The number of halogens is 1. The van der Waals surface area contributed by atoms with Crippen LogP contribution in [0.2, 0.25) is 0 Å². The minimum absolute atomic E-state index is 0.113. The van der Waals surface area contributed by atoms with Gasteiger partial charge in [-0.15, -0.1) is 0 Å². The van der Waals surface area contributed by atoms with Crippen molar-refractivity contribution >= 4 is 0 Å². The van der Waals surface area contributed by atoms with Crippen LogP contribution in [0, 0.1) is 11.8 Å². The lowest BCUT2D eigenvalue weighted by Gasteiger charge is -2.31. The molecule has 0 aliphatic heterocycles. The van der Waals surface area contributed by atoms with E-state index in [2.05, 4.69) is 0 Å². The van der Waals surface area contributed by atoms with E-state index >= 15 is 0 Å². The van der Waals surface area contributed by atoms with Crippen LogP contribution in [0.3, 0.4) is 0 Å². The van der Waals surface area contributed by atoms with Crippen molar-refractivity contribution in [2.75, 3.05) is 6.61 Å². The van der Waals surface area contributed by atoms with Crippen LogP contribution in [0.25, 0.3) is 0 Å². The molecule has 0 bridgehead atoms. The molecule has 2 unspecified atom stereocenters. The first-order chi connectivity index (χ1) is 10.7. The monoisotopic (exact) mass is 314 g/mol. The Hall–Kier alpha value is -0.150. The molecule has 0 aromatic carbocycles. The van der Waals surface area contributed by atoms with E-state index in [1.165, 1.54) is 38.5 Å². The van der Waals surface area contributed by atoms with Crippen LogP contribution < -0.4 is 0 Å². The maximum Gasteiger partial charge on any atom is 0.155 e. The van der Waals surface area contributed by atoms with E-state index in [4.69, 9.17) is 9.47 Å². The minimum atomic E-state index is -0.620. The fraction of sp³-hybridized carbons (Fsp3) is 1.00. The van der Waals surface area contributed by atoms with Gasteiger partial charge in [0.1, 0.15) is 6.17 Å². The Kier molecular flexibility index (Phi) is 8.16. The predicted molar refractivity (Wildman–Crippen MR) is 88.6 cm³/mol. The molecule has 0 radical (unpaired) electrons. The summed E-state index contributed by atoms with van der Waals surface area (Å²) in [5.74, 6) is 1.12. The molecule has 0 heterocycles. The van der Waals surface area contributed by atoms with Crippen molar-refractivity contribution in [1.29, 1.82) is 0 Å². The third-order valence-corrected chi connectivity index (χ3v) is 5.61. The standard InChI is InChI=1S/C19H35FO2/c1-3-19(20)17-9-11-18(12-10-17)22-15(2)21-14-13-16-7-5-4-6-8-16/h15-19H,3-14H2,1-2H3. The molecule has 0 spiro atoms. The van der Waals surface area contributed by atoms with E-state index in [1.807, 2.05) is 13.8 Å². The van der Waals surface area contributed by atoms with E-state index in [0.717, 1.165) is 38.2 Å². The number of hydrogen-bond donors (Lipinski definition) is 0. The van der Waals surface area contributed by atoms with Gasteiger partial charge in [-0.05, 0) is 57.3 Å². The second-order valence-electron chi connectivity index (χ2n) is 7.33. The Morgan fingerprint density at radius 2 is 1.68 bits per heavy atom. The highest BCUT2D eigenvalue weighted by molar-refractivity contribution is 4.77. The van der Waals surface area contributed by atoms with Crippen LogP contribution in [0.5, 0.6) is 0 Å². The lowest BCUT2D eigenvalue weighted by molar-refractivity contribution is -0.170. The summed E-state index contributed by atoms with van der Waals surface area (Å²) in [6, 6.07) is 0. The predicted octanol–water partition coefficient (Wildman–Crippen LogP) is 5.64. The van der Waals surface area contributed by atoms with Crippen LogP contribution in [-0.4, -0.2) is 25.2 Å². The normalized spacial score (nSPS) is 30.1. The Balaban J connectivity index is 1.54. The van der Waals surface area contributed by atoms with Crippen molar-refractivity contribution in [1.82, 2.24) is 0 Å². The van der Waals surface area contributed by atoms with Gasteiger partial charge < -0.3 is 9.47 Å². The fourth-order valence-electron chi connectivity index (χ4n) is 4.11. The first-order valence-corrected chi connectivity index (χ1v) is 9.60. The van der Waals surface area contributed by atoms with Gasteiger partial charge in [-0.1, -0.05) is 39.0 Å². The first-order valence-electron chi connectivity index (χ1n) is 9.60. The second-order valence-corrected chi connectivity index (χ2v) is 7.33. The van der Waals surface area contributed by atoms with Crippen molar-refractivity contribution in [3.8, 4) is 0 Å². The summed E-state index contributed by atoms with van der Waals surface area (Å²) in [6.45, 7) is 4.77. The van der Waals surface area contributed by atoms with Gasteiger partial charge in [-0.3, -0.25) is 0 Å². The Bertz CT molecular complexity index is 283. The zero-order chi connectivity index (χ0) is 15.8. The average molecular weight is 314 g/mol. The minimum Gasteiger partial charge on any atom is -0.353 e. The molecule has 0 aromatic heterocycles. The molecule has 2 saturated carbocycles. The third-order valence-electron chi connectivity index (χ3n) is 5.61. The summed E-state index contributed by atoms with van der Waals surface area (Å²) in [7, 11) is 0. The Morgan fingerprint density at radius 3 is 2.32 bits per heavy atom. The molecule has 0 saturated heterocycles. The van der Waals surface area contributed by atoms with E-state index in [-0.39, 0.29) is 18.3 Å². The van der Waals surface area contributed by atoms with Crippen molar-refractivity contribution in [2.45, 2.75) is 103 Å². The molecule has 2 fully saturated rings. The van der Waals surface area contributed by atoms with Gasteiger partial charge in [0.25, 0.3) is 0 Å². The molecule has 2 atom stereocenters.